The number of β-amino-alcohol motifs (C(OH)–C–C–N with tert-alkyl or cyclic N) is 1. The Kier molecular flexibility index (Phi) is 3.99. The normalized spacial score (nSPS) is 17.8. The van der Waals surface area contributed by atoms with Crippen molar-refractivity contribution in [3.05, 3.63) is 0 Å². The van der Waals surface area contributed by atoms with Gasteiger partial charge in [-0.1, -0.05) is 0 Å². The zero-order valence-electron chi connectivity index (χ0n) is 10.7. The van der Waals surface area contributed by atoms with Gasteiger partial charge >= 0.3 is 6.09 Å². The zero-order valence-corrected chi connectivity index (χ0v) is 10.7. The number of hydrogen-bond acceptors (Lipinski definition) is 4. The molecule has 0 bridgehead atoms. The van der Waals surface area contributed by atoms with E-state index >= 15 is 0 Å². The van der Waals surface area contributed by atoms with E-state index in [1.54, 1.807) is 20.8 Å². The number of nitrogens with zero attached hydrogens (tertiary/aromatic N) is 2. The number of aliphatic hydroxyl groups is 1. The van der Waals surface area contributed by atoms with Gasteiger partial charge in [-0.2, -0.15) is 5.26 Å². The topological polar surface area (TPSA) is 73.6 Å². The second-order valence-electron chi connectivity index (χ2n) is 5.35. The van der Waals surface area contributed by atoms with Crippen molar-refractivity contribution >= 4 is 6.09 Å². The van der Waals surface area contributed by atoms with Gasteiger partial charge in [0, 0.05) is 6.54 Å². The van der Waals surface area contributed by atoms with E-state index in [1.807, 2.05) is 0 Å². The highest BCUT2D eigenvalue weighted by Crippen LogP contribution is 2.37. The molecule has 0 radical (unpaired) electrons. The molecule has 0 atom stereocenters. The maximum absolute atomic E-state index is 12.0. The van der Waals surface area contributed by atoms with Crippen LogP contribution in [-0.4, -0.2) is 40.4 Å². The molecule has 1 N–H and O–H groups in total. The van der Waals surface area contributed by atoms with Gasteiger partial charge in [0.25, 0.3) is 0 Å². The number of carbonyl (C=O) groups excluding carboxylic acids is 1. The van der Waals surface area contributed by atoms with Crippen molar-refractivity contribution < 1.29 is 14.6 Å². The minimum atomic E-state index is -0.773. The largest absolute Gasteiger partial charge is 0.444 e. The fourth-order valence-corrected chi connectivity index (χ4v) is 1.85. The van der Waals surface area contributed by atoms with E-state index in [1.165, 1.54) is 4.90 Å². The summed E-state index contributed by atoms with van der Waals surface area (Å²) in [7, 11) is 0. The van der Waals surface area contributed by atoms with E-state index < -0.39 is 17.2 Å². The molecule has 0 saturated heterocycles. The summed E-state index contributed by atoms with van der Waals surface area (Å²) in [5, 5.41) is 18.2. The van der Waals surface area contributed by atoms with E-state index in [2.05, 4.69) is 6.07 Å². The Hall–Kier alpha value is -1.28. The molecule has 17 heavy (non-hydrogen) atoms. The molecular formula is C12H20N2O3. The van der Waals surface area contributed by atoms with Gasteiger partial charge in [0.05, 0.1) is 12.7 Å². The minimum Gasteiger partial charge on any atom is -0.444 e. The van der Waals surface area contributed by atoms with E-state index in [4.69, 9.17) is 9.84 Å². The van der Waals surface area contributed by atoms with Crippen LogP contribution in [0.25, 0.3) is 0 Å². The first-order valence-electron chi connectivity index (χ1n) is 5.87. The third kappa shape index (κ3) is 3.10. The predicted molar refractivity (Wildman–Crippen MR) is 62.2 cm³/mol. The smallest absolute Gasteiger partial charge is 0.411 e. The number of rotatable bonds is 3. The number of amides is 1. The summed E-state index contributed by atoms with van der Waals surface area (Å²) in [5.74, 6) is 0. The minimum absolute atomic E-state index is 0.141. The van der Waals surface area contributed by atoms with Gasteiger partial charge in [-0.3, -0.25) is 4.90 Å². The highest BCUT2D eigenvalue weighted by Gasteiger charge is 2.46. The Balaban J connectivity index is 2.79. The Morgan fingerprint density at radius 3 is 2.41 bits per heavy atom. The molecule has 1 rings (SSSR count). The van der Waals surface area contributed by atoms with Gasteiger partial charge < -0.3 is 9.84 Å². The Morgan fingerprint density at radius 2 is 2.12 bits per heavy atom. The van der Waals surface area contributed by atoms with Crippen LogP contribution in [0, 0.1) is 11.3 Å². The Bertz CT molecular complexity index is 324. The molecule has 0 unspecified atom stereocenters. The lowest BCUT2D eigenvalue weighted by molar-refractivity contribution is -0.0135. The molecule has 0 aromatic heterocycles. The fourth-order valence-electron chi connectivity index (χ4n) is 1.85. The molecule has 1 saturated carbocycles. The molecule has 1 aliphatic carbocycles. The molecule has 0 heterocycles. The van der Waals surface area contributed by atoms with Crippen LogP contribution in [0.1, 0.15) is 40.0 Å². The molecule has 0 aromatic rings. The van der Waals surface area contributed by atoms with Crippen molar-refractivity contribution in [2.24, 2.45) is 0 Å². The Labute approximate surface area is 102 Å². The zero-order chi connectivity index (χ0) is 13.1. The van der Waals surface area contributed by atoms with Crippen molar-refractivity contribution in [3.8, 4) is 6.07 Å². The molecule has 0 aliphatic heterocycles. The standard InChI is InChI=1S/C12H20N2O3/c1-11(2,3)17-10(16)14(7-8-15)12(9-13)5-4-6-12/h15H,4-8H2,1-3H3. The van der Waals surface area contributed by atoms with Crippen LogP contribution in [0.3, 0.4) is 0 Å². The van der Waals surface area contributed by atoms with E-state index in [0.717, 1.165) is 6.42 Å². The summed E-state index contributed by atoms with van der Waals surface area (Å²) in [6.07, 6.45) is 1.72. The molecule has 1 aliphatic rings. The van der Waals surface area contributed by atoms with Gasteiger partial charge in [0.2, 0.25) is 0 Å². The van der Waals surface area contributed by atoms with Crippen molar-refractivity contribution in [2.45, 2.75) is 51.2 Å². The molecule has 0 aromatic carbocycles. The van der Waals surface area contributed by atoms with Crippen LogP contribution in [0.2, 0.25) is 0 Å². The number of aliphatic hydroxyl groups excluding tert-OH is 1. The summed E-state index contributed by atoms with van der Waals surface area (Å²) < 4.78 is 5.26. The highest BCUT2D eigenvalue weighted by atomic mass is 16.6. The summed E-state index contributed by atoms with van der Waals surface area (Å²) in [6.45, 7) is 5.32. The summed E-state index contributed by atoms with van der Waals surface area (Å²) >= 11 is 0. The summed E-state index contributed by atoms with van der Waals surface area (Å²) in [6, 6.07) is 2.18. The highest BCUT2D eigenvalue weighted by molar-refractivity contribution is 5.70. The second-order valence-corrected chi connectivity index (χ2v) is 5.35. The lowest BCUT2D eigenvalue weighted by Gasteiger charge is -2.44. The van der Waals surface area contributed by atoms with E-state index in [0.29, 0.717) is 12.8 Å². The maximum atomic E-state index is 12.0. The third-order valence-electron chi connectivity index (χ3n) is 2.84. The Morgan fingerprint density at radius 1 is 1.53 bits per heavy atom. The maximum Gasteiger partial charge on any atom is 0.411 e. The van der Waals surface area contributed by atoms with Gasteiger partial charge in [-0.15, -0.1) is 0 Å². The first-order valence-corrected chi connectivity index (χ1v) is 5.87. The van der Waals surface area contributed by atoms with Crippen LogP contribution in [0.5, 0.6) is 0 Å². The molecular weight excluding hydrogens is 220 g/mol. The average Bonchev–Trinajstić information content (AvgIpc) is 2.12. The van der Waals surface area contributed by atoms with Crippen LogP contribution >= 0.6 is 0 Å². The van der Waals surface area contributed by atoms with Crippen molar-refractivity contribution in [1.29, 1.82) is 5.26 Å². The van der Waals surface area contributed by atoms with Gasteiger partial charge in [0.1, 0.15) is 11.1 Å². The quantitative estimate of drug-likeness (QED) is 0.814. The van der Waals surface area contributed by atoms with E-state index in [9.17, 15) is 10.1 Å². The predicted octanol–water partition coefficient (Wildman–Crippen LogP) is 1.66. The monoisotopic (exact) mass is 240 g/mol. The first kappa shape index (κ1) is 13.8. The summed E-state index contributed by atoms with van der Waals surface area (Å²) in [4.78, 5) is 13.4. The van der Waals surface area contributed by atoms with Crippen LogP contribution < -0.4 is 0 Å². The lowest BCUT2D eigenvalue weighted by Crippen LogP contribution is -2.57. The van der Waals surface area contributed by atoms with Gasteiger partial charge in [-0.25, -0.2) is 4.79 Å². The molecule has 1 fully saturated rings. The SMILES string of the molecule is CC(C)(C)OC(=O)N(CCO)C1(C#N)CCC1. The van der Waals surface area contributed by atoms with Crippen LogP contribution in [0.4, 0.5) is 4.79 Å². The van der Waals surface area contributed by atoms with Crippen molar-refractivity contribution in [1.82, 2.24) is 4.90 Å². The number of ether oxygens (including phenoxy) is 1. The number of hydrogen-bond donors (Lipinski definition) is 1. The molecule has 1 amide bonds. The summed E-state index contributed by atoms with van der Waals surface area (Å²) in [5.41, 5.74) is -1.36. The van der Waals surface area contributed by atoms with Gasteiger partial charge in [0.15, 0.2) is 0 Å². The number of nitriles is 1. The van der Waals surface area contributed by atoms with Crippen LogP contribution in [-0.2, 0) is 4.74 Å². The van der Waals surface area contributed by atoms with Crippen molar-refractivity contribution in [3.63, 3.8) is 0 Å². The molecule has 96 valence electrons. The number of carbonyl (C=O) groups is 1. The third-order valence-corrected chi connectivity index (χ3v) is 2.84. The molecule has 5 heteroatoms. The fraction of sp³-hybridized carbons (Fsp3) is 0.833. The van der Waals surface area contributed by atoms with Crippen LogP contribution in [0.15, 0.2) is 0 Å². The molecule has 5 nitrogen and oxygen atoms in total. The first-order chi connectivity index (χ1) is 7.84. The lowest BCUT2D eigenvalue weighted by atomic mass is 9.76. The average molecular weight is 240 g/mol. The van der Waals surface area contributed by atoms with Gasteiger partial charge in [-0.05, 0) is 40.0 Å². The van der Waals surface area contributed by atoms with Crippen molar-refractivity contribution in [2.75, 3.05) is 13.2 Å². The molecule has 0 spiro atoms. The second kappa shape index (κ2) is 4.92. The van der Waals surface area contributed by atoms with E-state index in [-0.39, 0.29) is 13.2 Å².